The number of carbonyl (C=O) groups is 2. The second-order valence-electron chi connectivity index (χ2n) is 4.73. The van der Waals surface area contributed by atoms with Gasteiger partial charge in [0.25, 0.3) is 0 Å². The normalized spacial score (nSPS) is 15.7. The van der Waals surface area contributed by atoms with Gasteiger partial charge in [-0.15, -0.1) is 0 Å². The van der Waals surface area contributed by atoms with Crippen molar-refractivity contribution < 1.29 is 19.1 Å². The highest BCUT2D eigenvalue weighted by atomic mass is 35.5. The SMILES string of the molecule is COC(=O)C1=C(C)NC(C)=C(C(=O)OC)C1c1[nH]cnc1Cl. The molecule has 22 heavy (non-hydrogen) atoms. The van der Waals surface area contributed by atoms with Gasteiger partial charge in [-0.2, -0.15) is 0 Å². The van der Waals surface area contributed by atoms with E-state index in [9.17, 15) is 9.59 Å². The molecule has 0 fully saturated rings. The zero-order chi connectivity index (χ0) is 16.4. The number of methoxy groups -OCH3 is 2. The highest BCUT2D eigenvalue weighted by molar-refractivity contribution is 6.30. The number of dihydropyridines is 1. The van der Waals surface area contributed by atoms with Gasteiger partial charge in [0.05, 0.1) is 43.3 Å². The van der Waals surface area contributed by atoms with E-state index in [1.807, 2.05) is 0 Å². The van der Waals surface area contributed by atoms with E-state index < -0.39 is 17.9 Å². The van der Waals surface area contributed by atoms with Crippen molar-refractivity contribution in [3.63, 3.8) is 0 Å². The number of imidazole rings is 1. The van der Waals surface area contributed by atoms with Crippen LogP contribution in [0.2, 0.25) is 5.15 Å². The Labute approximate surface area is 132 Å². The van der Waals surface area contributed by atoms with E-state index in [0.717, 1.165) is 0 Å². The second kappa shape index (κ2) is 6.23. The van der Waals surface area contributed by atoms with Crippen LogP contribution in [-0.4, -0.2) is 36.1 Å². The monoisotopic (exact) mass is 325 g/mol. The number of H-pyrrole nitrogens is 1. The van der Waals surface area contributed by atoms with Gasteiger partial charge in [-0.1, -0.05) is 11.6 Å². The molecule has 0 atom stereocenters. The van der Waals surface area contributed by atoms with Crippen molar-refractivity contribution in [2.75, 3.05) is 14.2 Å². The van der Waals surface area contributed by atoms with Crippen LogP contribution < -0.4 is 5.32 Å². The summed E-state index contributed by atoms with van der Waals surface area (Å²) in [7, 11) is 2.55. The molecule has 1 aromatic heterocycles. The van der Waals surface area contributed by atoms with Crippen LogP contribution in [0.1, 0.15) is 25.5 Å². The quantitative estimate of drug-likeness (QED) is 0.821. The van der Waals surface area contributed by atoms with Crippen LogP contribution in [0.4, 0.5) is 0 Å². The number of nitrogens with one attached hydrogen (secondary N) is 2. The molecule has 0 saturated carbocycles. The third kappa shape index (κ3) is 2.59. The number of rotatable bonds is 3. The van der Waals surface area contributed by atoms with Gasteiger partial charge in [0.1, 0.15) is 0 Å². The van der Waals surface area contributed by atoms with Crippen LogP contribution >= 0.6 is 11.6 Å². The molecule has 0 aromatic carbocycles. The standard InChI is InChI=1S/C14H16ClN3O4/c1-6-8(13(19)21-3)10(11-12(15)17-5-16-11)9(7(2)18-6)14(20)22-4/h5,10,18H,1-4H3,(H,16,17). The van der Waals surface area contributed by atoms with Gasteiger partial charge in [-0.25, -0.2) is 14.6 Å². The summed E-state index contributed by atoms with van der Waals surface area (Å²) in [6, 6.07) is 0. The first kappa shape index (κ1) is 16.1. The maximum absolute atomic E-state index is 12.2. The molecule has 7 nitrogen and oxygen atoms in total. The Balaban J connectivity index is 2.69. The average molecular weight is 326 g/mol. The molecule has 2 N–H and O–H groups in total. The van der Waals surface area contributed by atoms with Crippen molar-refractivity contribution >= 4 is 23.5 Å². The molecule has 118 valence electrons. The van der Waals surface area contributed by atoms with Crippen LogP contribution in [0.15, 0.2) is 28.9 Å². The van der Waals surface area contributed by atoms with Gasteiger partial charge in [0.15, 0.2) is 5.15 Å². The molecule has 2 rings (SSSR count). The van der Waals surface area contributed by atoms with Crippen LogP contribution in [0, 0.1) is 0 Å². The number of hydrogen-bond donors (Lipinski definition) is 2. The third-order valence-electron chi connectivity index (χ3n) is 3.48. The van der Waals surface area contributed by atoms with Crippen molar-refractivity contribution in [2.45, 2.75) is 19.8 Å². The van der Waals surface area contributed by atoms with Gasteiger partial charge >= 0.3 is 11.9 Å². The first-order valence-corrected chi connectivity index (χ1v) is 6.84. The molecule has 0 unspecified atom stereocenters. The smallest absolute Gasteiger partial charge is 0.336 e. The van der Waals surface area contributed by atoms with Crippen LogP contribution in [-0.2, 0) is 19.1 Å². The number of aromatic nitrogens is 2. The fraction of sp³-hybridized carbons (Fsp3) is 0.357. The van der Waals surface area contributed by atoms with Gasteiger partial charge in [-0.3, -0.25) is 0 Å². The van der Waals surface area contributed by atoms with Gasteiger partial charge in [-0.05, 0) is 13.8 Å². The lowest BCUT2D eigenvalue weighted by Crippen LogP contribution is -2.32. The fourth-order valence-electron chi connectivity index (χ4n) is 2.53. The molecule has 0 spiro atoms. The minimum atomic E-state index is -0.740. The molecular weight excluding hydrogens is 310 g/mol. The molecule has 8 heteroatoms. The predicted molar refractivity (Wildman–Crippen MR) is 78.9 cm³/mol. The summed E-state index contributed by atoms with van der Waals surface area (Å²) in [5.74, 6) is -1.86. The second-order valence-corrected chi connectivity index (χ2v) is 5.08. The number of allylic oxidation sites excluding steroid dienone is 2. The molecule has 1 aliphatic rings. The summed E-state index contributed by atoms with van der Waals surface area (Å²) in [5, 5.41) is 3.18. The molecule has 0 bridgehead atoms. The number of ether oxygens (including phenoxy) is 2. The summed E-state index contributed by atoms with van der Waals surface area (Å²) in [6.07, 6.45) is 1.40. The van der Waals surface area contributed by atoms with E-state index in [1.54, 1.807) is 13.8 Å². The Hall–Kier alpha value is -2.28. The molecule has 0 aliphatic carbocycles. The molecule has 0 amide bonds. The Morgan fingerprint density at radius 1 is 1.14 bits per heavy atom. The Morgan fingerprint density at radius 3 is 2.00 bits per heavy atom. The molecule has 0 radical (unpaired) electrons. The average Bonchev–Trinajstić information content (AvgIpc) is 2.91. The summed E-state index contributed by atoms with van der Waals surface area (Å²) >= 11 is 6.08. The van der Waals surface area contributed by atoms with Gasteiger partial charge < -0.3 is 19.8 Å². The number of halogens is 1. The largest absolute Gasteiger partial charge is 0.466 e. The lowest BCUT2D eigenvalue weighted by molar-refractivity contribution is -0.137. The van der Waals surface area contributed by atoms with Crippen LogP contribution in [0.3, 0.4) is 0 Å². The van der Waals surface area contributed by atoms with Crippen molar-refractivity contribution in [1.82, 2.24) is 15.3 Å². The third-order valence-corrected chi connectivity index (χ3v) is 3.78. The number of hydrogen-bond acceptors (Lipinski definition) is 6. The van der Waals surface area contributed by atoms with Crippen molar-refractivity contribution in [3.8, 4) is 0 Å². The van der Waals surface area contributed by atoms with E-state index in [2.05, 4.69) is 15.3 Å². The van der Waals surface area contributed by atoms with Crippen molar-refractivity contribution in [2.24, 2.45) is 0 Å². The summed E-state index contributed by atoms with van der Waals surface area (Å²) in [5.41, 5.74) is 2.14. The Bertz CT molecular complexity index is 652. The highest BCUT2D eigenvalue weighted by Crippen LogP contribution is 2.40. The Morgan fingerprint density at radius 2 is 1.64 bits per heavy atom. The minimum Gasteiger partial charge on any atom is -0.466 e. The van der Waals surface area contributed by atoms with E-state index in [0.29, 0.717) is 17.1 Å². The summed E-state index contributed by atoms with van der Waals surface area (Å²) in [4.78, 5) is 31.2. The minimum absolute atomic E-state index is 0.176. The van der Waals surface area contributed by atoms with Crippen molar-refractivity contribution in [3.05, 3.63) is 39.7 Å². The van der Waals surface area contributed by atoms with E-state index in [4.69, 9.17) is 21.1 Å². The zero-order valence-electron chi connectivity index (χ0n) is 12.6. The first-order valence-electron chi connectivity index (χ1n) is 6.46. The number of nitrogens with zero attached hydrogens (tertiary/aromatic N) is 1. The van der Waals surface area contributed by atoms with Crippen molar-refractivity contribution in [1.29, 1.82) is 0 Å². The number of esters is 2. The summed E-state index contributed by atoms with van der Waals surface area (Å²) in [6.45, 7) is 3.45. The van der Waals surface area contributed by atoms with Crippen LogP contribution in [0.5, 0.6) is 0 Å². The molecule has 1 aliphatic heterocycles. The summed E-state index contributed by atoms with van der Waals surface area (Å²) < 4.78 is 9.67. The Kier molecular flexibility index (Phi) is 4.56. The predicted octanol–water partition coefficient (Wildman–Crippen LogP) is 1.64. The fourth-order valence-corrected chi connectivity index (χ4v) is 2.75. The number of aromatic amines is 1. The van der Waals surface area contributed by atoms with Gasteiger partial charge in [0.2, 0.25) is 0 Å². The van der Waals surface area contributed by atoms with Gasteiger partial charge in [0, 0.05) is 11.4 Å². The molecule has 0 saturated heterocycles. The number of carbonyl (C=O) groups excluding carboxylic acids is 2. The van der Waals surface area contributed by atoms with E-state index in [-0.39, 0.29) is 16.3 Å². The lowest BCUT2D eigenvalue weighted by atomic mass is 9.83. The molecular formula is C14H16ClN3O4. The maximum Gasteiger partial charge on any atom is 0.336 e. The first-order chi connectivity index (χ1) is 10.4. The maximum atomic E-state index is 12.2. The van der Waals surface area contributed by atoms with Crippen LogP contribution in [0.25, 0.3) is 0 Å². The lowest BCUT2D eigenvalue weighted by Gasteiger charge is -2.29. The molecule has 1 aromatic rings. The zero-order valence-corrected chi connectivity index (χ0v) is 13.4. The van der Waals surface area contributed by atoms with E-state index >= 15 is 0 Å². The highest BCUT2D eigenvalue weighted by Gasteiger charge is 2.39. The van der Waals surface area contributed by atoms with E-state index in [1.165, 1.54) is 20.5 Å². The molecule has 2 heterocycles. The topological polar surface area (TPSA) is 93.3 Å².